The largest absolute Gasteiger partial charge is 0.399 e. The van der Waals surface area contributed by atoms with E-state index in [-0.39, 0.29) is 18.1 Å². The van der Waals surface area contributed by atoms with Gasteiger partial charge in [-0.05, 0) is 38.7 Å². The molecule has 0 radical (unpaired) electrons. The number of rotatable bonds is 4. The van der Waals surface area contributed by atoms with Crippen LogP contribution in [0.1, 0.15) is 16.8 Å². The molecule has 2 rings (SSSR count). The first-order chi connectivity index (χ1) is 9.92. The Morgan fingerprint density at radius 2 is 2.24 bits per heavy atom. The van der Waals surface area contributed by atoms with E-state index in [1.807, 2.05) is 20.2 Å². The van der Waals surface area contributed by atoms with Crippen LogP contribution in [0, 0.1) is 0 Å². The van der Waals surface area contributed by atoms with E-state index < -0.39 is 0 Å². The van der Waals surface area contributed by atoms with Crippen LogP contribution in [0.3, 0.4) is 0 Å². The van der Waals surface area contributed by atoms with Gasteiger partial charge in [-0.15, -0.1) is 0 Å². The van der Waals surface area contributed by atoms with E-state index in [4.69, 9.17) is 5.73 Å². The molecule has 1 aliphatic rings. The summed E-state index contributed by atoms with van der Waals surface area (Å²) in [5.74, 6) is -0.144. The molecule has 1 heterocycles. The lowest BCUT2D eigenvalue weighted by molar-refractivity contribution is 0.0963. The molecule has 1 aromatic rings. The lowest BCUT2D eigenvalue weighted by Crippen LogP contribution is -2.38. The summed E-state index contributed by atoms with van der Waals surface area (Å²) in [7, 11) is 5.61. The monoisotopic (exact) mass is 292 g/mol. The minimum absolute atomic E-state index is 0.144. The normalized spacial score (nSPS) is 21.9. The summed E-state index contributed by atoms with van der Waals surface area (Å²) in [6.07, 6.45) is 0.314. The third-order valence-electron chi connectivity index (χ3n) is 3.77. The highest BCUT2D eigenvalue weighted by Gasteiger charge is 2.33. The minimum atomic E-state index is -0.381. The Bertz CT molecular complexity index is 518. The van der Waals surface area contributed by atoms with Gasteiger partial charge in [0.2, 0.25) is 0 Å². The van der Waals surface area contributed by atoms with E-state index in [2.05, 4.69) is 15.1 Å². The number of amides is 1. The second kappa shape index (κ2) is 6.32. The van der Waals surface area contributed by atoms with Crippen molar-refractivity contribution >= 4 is 17.3 Å². The average Bonchev–Trinajstić information content (AvgIpc) is 2.77. The summed E-state index contributed by atoms with van der Waals surface area (Å²) < 4.78 is 0. The van der Waals surface area contributed by atoms with Gasteiger partial charge in [-0.25, -0.2) is 0 Å². The number of hydrogen-bond acceptors (Lipinski definition) is 5. The molecule has 1 saturated heterocycles. The van der Waals surface area contributed by atoms with Crippen LogP contribution in [0.5, 0.6) is 0 Å². The highest BCUT2D eigenvalue weighted by Crippen LogP contribution is 2.31. The van der Waals surface area contributed by atoms with Gasteiger partial charge in [0.15, 0.2) is 0 Å². The van der Waals surface area contributed by atoms with Crippen LogP contribution >= 0.6 is 0 Å². The van der Waals surface area contributed by atoms with Gasteiger partial charge in [0.25, 0.3) is 5.91 Å². The zero-order chi connectivity index (χ0) is 15.6. The minimum Gasteiger partial charge on any atom is -0.399 e. The standard InChI is InChI=1S/C15H24N4O2/c1-17-15(21)13-5-4-10(16)6-14(13)19-9-12(20)7-11(19)8-18(2)3/h4-6,11-12,20H,7-9,16H2,1-3H3,(H,17,21). The number of aliphatic hydroxyl groups is 1. The maximum absolute atomic E-state index is 12.1. The molecule has 6 nitrogen and oxygen atoms in total. The predicted molar refractivity (Wildman–Crippen MR) is 84.6 cm³/mol. The number of likely N-dealkylation sites (N-methyl/N-ethyl adjacent to an activating group) is 1. The number of nitrogens with zero attached hydrogens (tertiary/aromatic N) is 2. The van der Waals surface area contributed by atoms with Crippen LogP contribution in [0.4, 0.5) is 11.4 Å². The van der Waals surface area contributed by atoms with Gasteiger partial charge >= 0.3 is 0 Å². The highest BCUT2D eigenvalue weighted by atomic mass is 16.3. The van der Waals surface area contributed by atoms with Gasteiger partial charge in [0.1, 0.15) is 0 Å². The smallest absolute Gasteiger partial charge is 0.253 e. The second-order valence-electron chi connectivity index (χ2n) is 5.81. The van der Waals surface area contributed by atoms with E-state index in [9.17, 15) is 9.90 Å². The molecule has 21 heavy (non-hydrogen) atoms. The molecule has 0 bridgehead atoms. The summed E-state index contributed by atoms with van der Waals surface area (Å²) in [4.78, 5) is 16.2. The third-order valence-corrected chi connectivity index (χ3v) is 3.77. The molecule has 1 aliphatic heterocycles. The fourth-order valence-corrected chi connectivity index (χ4v) is 2.89. The Morgan fingerprint density at radius 1 is 1.52 bits per heavy atom. The summed E-state index contributed by atoms with van der Waals surface area (Å²) >= 11 is 0. The van der Waals surface area contributed by atoms with E-state index >= 15 is 0 Å². The maximum Gasteiger partial charge on any atom is 0.253 e. The van der Waals surface area contributed by atoms with Gasteiger partial charge < -0.3 is 26.0 Å². The lowest BCUT2D eigenvalue weighted by atomic mass is 10.1. The summed E-state index contributed by atoms with van der Waals surface area (Å²) in [6.45, 7) is 1.34. The number of β-amino-alcohol motifs (C(OH)–C–C–N with tert-alkyl or cyclic N) is 1. The van der Waals surface area contributed by atoms with E-state index in [1.54, 1.807) is 19.2 Å². The quantitative estimate of drug-likeness (QED) is 0.687. The number of nitrogen functional groups attached to an aromatic ring is 1. The molecule has 6 heteroatoms. The Kier molecular flexibility index (Phi) is 4.69. The number of carbonyl (C=O) groups excluding carboxylic acids is 1. The Balaban J connectivity index is 2.38. The lowest BCUT2D eigenvalue weighted by Gasteiger charge is -2.30. The molecule has 1 fully saturated rings. The van der Waals surface area contributed by atoms with Gasteiger partial charge in [0, 0.05) is 31.9 Å². The van der Waals surface area contributed by atoms with Crippen molar-refractivity contribution in [3.63, 3.8) is 0 Å². The first kappa shape index (κ1) is 15.6. The molecule has 116 valence electrons. The fourth-order valence-electron chi connectivity index (χ4n) is 2.89. The Labute approximate surface area is 125 Å². The Morgan fingerprint density at radius 3 is 2.86 bits per heavy atom. The van der Waals surface area contributed by atoms with E-state index in [1.165, 1.54) is 0 Å². The fraction of sp³-hybridized carbons (Fsp3) is 0.533. The molecule has 0 aromatic heterocycles. The molecule has 4 N–H and O–H groups in total. The molecular formula is C15H24N4O2. The maximum atomic E-state index is 12.1. The third kappa shape index (κ3) is 3.46. The first-order valence-electron chi connectivity index (χ1n) is 7.13. The highest BCUT2D eigenvalue weighted by molar-refractivity contribution is 6.00. The second-order valence-corrected chi connectivity index (χ2v) is 5.81. The summed E-state index contributed by atoms with van der Waals surface area (Å²) in [5.41, 5.74) is 7.88. The average molecular weight is 292 g/mol. The summed E-state index contributed by atoms with van der Waals surface area (Å²) in [6, 6.07) is 5.44. The van der Waals surface area contributed by atoms with Gasteiger partial charge in [-0.3, -0.25) is 4.79 Å². The van der Waals surface area contributed by atoms with Crippen molar-refractivity contribution < 1.29 is 9.90 Å². The van der Waals surface area contributed by atoms with Crippen molar-refractivity contribution in [1.82, 2.24) is 10.2 Å². The molecule has 1 amide bonds. The summed E-state index contributed by atoms with van der Waals surface area (Å²) in [5, 5.41) is 12.7. The van der Waals surface area contributed by atoms with Gasteiger partial charge in [-0.1, -0.05) is 0 Å². The van der Waals surface area contributed by atoms with Crippen molar-refractivity contribution in [2.75, 3.05) is 44.9 Å². The van der Waals surface area contributed by atoms with Crippen LogP contribution in [0.2, 0.25) is 0 Å². The molecule has 0 saturated carbocycles. The number of nitrogens with one attached hydrogen (secondary N) is 1. The van der Waals surface area contributed by atoms with Gasteiger partial charge in [0.05, 0.1) is 17.4 Å². The SMILES string of the molecule is CNC(=O)c1ccc(N)cc1N1CC(O)CC1CN(C)C. The van der Waals surface area contributed by atoms with Crippen LogP contribution in [-0.2, 0) is 0 Å². The molecular weight excluding hydrogens is 268 g/mol. The van der Waals surface area contributed by atoms with Crippen molar-refractivity contribution in [3.05, 3.63) is 23.8 Å². The first-order valence-corrected chi connectivity index (χ1v) is 7.13. The van der Waals surface area contributed by atoms with Crippen molar-refractivity contribution in [3.8, 4) is 0 Å². The number of aliphatic hydroxyl groups excluding tert-OH is 1. The number of nitrogens with two attached hydrogens (primary N) is 1. The predicted octanol–water partition coefficient (Wildman–Crippen LogP) is 0.130. The topological polar surface area (TPSA) is 81.8 Å². The van der Waals surface area contributed by atoms with Crippen LogP contribution in [0.25, 0.3) is 0 Å². The zero-order valence-electron chi connectivity index (χ0n) is 12.8. The molecule has 2 unspecified atom stereocenters. The van der Waals surface area contributed by atoms with E-state index in [0.717, 1.165) is 12.2 Å². The van der Waals surface area contributed by atoms with Crippen LogP contribution in [-0.4, -0.2) is 62.3 Å². The van der Waals surface area contributed by atoms with E-state index in [0.29, 0.717) is 24.2 Å². The van der Waals surface area contributed by atoms with Gasteiger partial charge in [-0.2, -0.15) is 0 Å². The number of carbonyl (C=O) groups is 1. The number of hydrogen-bond donors (Lipinski definition) is 3. The zero-order valence-corrected chi connectivity index (χ0v) is 12.8. The number of anilines is 2. The Hall–Kier alpha value is -1.79. The van der Waals surface area contributed by atoms with Crippen molar-refractivity contribution in [1.29, 1.82) is 0 Å². The molecule has 0 spiro atoms. The van der Waals surface area contributed by atoms with Crippen molar-refractivity contribution in [2.24, 2.45) is 0 Å². The number of benzene rings is 1. The van der Waals surface area contributed by atoms with Crippen LogP contribution in [0.15, 0.2) is 18.2 Å². The van der Waals surface area contributed by atoms with Crippen molar-refractivity contribution in [2.45, 2.75) is 18.6 Å². The molecule has 1 aromatic carbocycles. The van der Waals surface area contributed by atoms with Crippen LogP contribution < -0.4 is 16.0 Å². The molecule has 0 aliphatic carbocycles. The molecule has 2 atom stereocenters.